The molecule has 0 radical (unpaired) electrons. The van der Waals surface area contributed by atoms with Crippen LogP contribution in [0.15, 0.2) is 24.3 Å². The van der Waals surface area contributed by atoms with Gasteiger partial charge >= 0.3 is 5.97 Å². The largest absolute Gasteiger partial charge is 0.477 e. The summed E-state index contributed by atoms with van der Waals surface area (Å²) in [6.07, 6.45) is 0.625. The van der Waals surface area contributed by atoms with E-state index in [1.165, 1.54) is 16.9 Å². The van der Waals surface area contributed by atoms with Gasteiger partial charge in [-0.15, -0.1) is 0 Å². The fraction of sp³-hybridized carbons (Fsp3) is 0.286. The molecule has 1 aromatic heterocycles. The Balaban J connectivity index is 2.36. The first kappa shape index (κ1) is 13.5. The highest BCUT2D eigenvalue weighted by atomic mass is 32.1. The fourth-order valence-corrected chi connectivity index (χ4v) is 2.74. The summed E-state index contributed by atoms with van der Waals surface area (Å²) in [6.45, 7) is 3.95. The van der Waals surface area contributed by atoms with E-state index in [0.717, 1.165) is 5.69 Å². The van der Waals surface area contributed by atoms with E-state index in [0.29, 0.717) is 22.1 Å². The Morgan fingerprint density at radius 3 is 2.47 bits per heavy atom. The summed E-state index contributed by atoms with van der Waals surface area (Å²) in [7, 11) is 1.90. The molecule has 0 aliphatic carbocycles. The van der Waals surface area contributed by atoms with Crippen LogP contribution >= 0.6 is 11.3 Å². The van der Waals surface area contributed by atoms with Gasteiger partial charge in [0.05, 0.1) is 5.69 Å². The number of aromatic nitrogens is 1. The van der Waals surface area contributed by atoms with E-state index < -0.39 is 5.97 Å². The van der Waals surface area contributed by atoms with Crippen LogP contribution in [-0.4, -0.2) is 23.1 Å². The number of carbonyl (C=O) groups is 1. The molecule has 2 rings (SSSR count). The van der Waals surface area contributed by atoms with Crippen molar-refractivity contribution in [2.24, 2.45) is 0 Å². The van der Waals surface area contributed by atoms with Crippen molar-refractivity contribution >= 4 is 28.1 Å². The molecule has 0 saturated carbocycles. The van der Waals surface area contributed by atoms with Crippen LogP contribution in [0.2, 0.25) is 0 Å². The molecule has 0 saturated heterocycles. The summed E-state index contributed by atoms with van der Waals surface area (Å²) in [6, 6.07) is 8.06. The molecule has 0 fully saturated rings. The first-order chi connectivity index (χ1) is 9.02. The van der Waals surface area contributed by atoms with Crippen molar-refractivity contribution in [3.63, 3.8) is 0 Å². The van der Waals surface area contributed by atoms with Gasteiger partial charge in [-0.25, -0.2) is 9.78 Å². The summed E-state index contributed by atoms with van der Waals surface area (Å²) >= 11 is 1.21. The van der Waals surface area contributed by atoms with E-state index in [-0.39, 0.29) is 0 Å². The fourth-order valence-electron chi connectivity index (χ4n) is 1.77. The maximum absolute atomic E-state index is 11.1. The second-order valence-electron chi connectivity index (χ2n) is 4.33. The molecule has 0 atom stereocenters. The molecule has 100 valence electrons. The first-order valence-electron chi connectivity index (χ1n) is 6.06. The van der Waals surface area contributed by atoms with Crippen molar-refractivity contribution in [3.8, 4) is 0 Å². The van der Waals surface area contributed by atoms with Crippen LogP contribution < -0.4 is 4.90 Å². The van der Waals surface area contributed by atoms with Crippen LogP contribution in [0.1, 0.15) is 27.9 Å². The SMILES string of the molecule is CCc1nc(N(C)c2ccc(C)cc2)sc1C(=O)O. The minimum absolute atomic E-state index is 0.330. The monoisotopic (exact) mass is 276 g/mol. The normalized spacial score (nSPS) is 10.5. The second kappa shape index (κ2) is 5.40. The van der Waals surface area contributed by atoms with Gasteiger partial charge in [0.1, 0.15) is 4.88 Å². The average molecular weight is 276 g/mol. The Hall–Kier alpha value is -1.88. The number of rotatable bonds is 4. The van der Waals surface area contributed by atoms with Crippen LogP contribution in [0, 0.1) is 6.92 Å². The minimum Gasteiger partial charge on any atom is -0.477 e. The molecule has 2 aromatic rings. The quantitative estimate of drug-likeness (QED) is 0.929. The third-order valence-corrected chi connectivity index (χ3v) is 4.09. The highest BCUT2D eigenvalue weighted by Crippen LogP contribution is 2.30. The number of nitrogens with zero attached hydrogens (tertiary/aromatic N) is 2. The Kier molecular flexibility index (Phi) is 3.85. The van der Waals surface area contributed by atoms with Crippen molar-refractivity contribution < 1.29 is 9.90 Å². The Bertz CT molecular complexity index is 590. The number of carboxylic acids is 1. The molecule has 19 heavy (non-hydrogen) atoms. The molecular formula is C14H16N2O2S. The van der Waals surface area contributed by atoms with Crippen molar-refractivity contribution in [1.82, 2.24) is 4.98 Å². The molecular weight excluding hydrogens is 260 g/mol. The topological polar surface area (TPSA) is 53.4 Å². The van der Waals surface area contributed by atoms with Crippen LogP contribution in [-0.2, 0) is 6.42 Å². The summed E-state index contributed by atoms with van der Waals surface area (Å²) in [4.78, 5) is 17.8. The van der Waals surface area contributed by atoms with Crippen LogP contribution in [0.25, 0.3) is 0 Å². The average Bonchev–Trinajstić information content (AvgIpc) is 2.83. The summed E-state index contributed by atoms with van der Waals surface area (Å²) in [5, 5.41) is 9.86. The molecule has 0 amide bonds. The lowest BCUT2D eigenvalue weighted by atomic mass is 10.2. The molecule has 1 N–H and O–H groups in total. The first-order valence-corrected chi connectivity index (χ1v) is 6.88. The molecule has 1 heterocycles. The minimum atomic E-state index is -0.905. The molecule has 5 heteroatoms. The number of anilines is 2. The Morgan fingerprint density at radius 2 is 2.00 bits per heavy atom. The predicted molar refractivity (Wildman–Crippen MR) is 77.7 cm³/mol. The lowest BCUT2D eigenvalue weighted by Gasteiger charge is -2.15. The van der Waals surface area contributed by atoms with Gasteiger partial charge in [-0.1, -0.05) is 36.0 Å². The van der Waals surface area contributed by atoms with E-state index in [4.69, 9.17) is 5.11 Å². The molecule has 0 aliphatic heterocycles. The van der Waals surface area contributed by atoms with Gasteiger partial charge in [-0.05, 0) is 25.5 Å². The number of thiazole rings is 1. The lowest BCUT2D eigenvalue weighted by molar-refractivity contribution is 0.0701. The zero-order valence-electron chi connectivity index (χ0n) is 11.2. The number of aromatic carboxylic acids is 1. The molecule has 0 unspecified atom stereocenters. The molecule has 4 nitrogen and oxygen atoms in total. The van der Waals surface area contributed by atoms with Crippen molar-refractivity contribution in [3.05, 3.63) is 40.4 Å². The van der Waals surface area contributed by atoms with Crippen LogP contribution in [0.5, 0.6) is 0 Å². The number of hydrogen-bond acceptors (Lipinski definition) is 4. The highest BCUT2D eigenvalue weighted by Gasteiger charge is 2.18. The zero-order valence-corrected chi connectivity index (χ0v) is 12.0. The second-order valence-corrected chi connectivity index (χ2v) is 5.30. The molecule has 1 aromatic carbocycles. The standard InChI is InChI=1S/C14H16N2O2S/c1-4-11-12(13(17)18)19-14(15-11)16(3)10-7-5-9(2)6-8-10/h5-8H,4H2,1-3H3,(H,17,18). The maximum Gasteiger partial charge on any atom is 0.347 e. The van der Waals surface area contributed by atoms with Crippen LogP contribution in [0.3, 0.4) is 0 Å². The summed E-state index contributed by atoms with van der Waals surface area (Å²) in [5.41, 5.74) is 2.84. The third kappa shape index (κ3) is 2.76. The van der Waals surface area contributed by atoms with Crippen molar-refractivity contribution in [2.75, 3.05) is 11.9 Å². The van der Waals surface area contributed by atoms with E-state index in [9.17, 15) is 4.79 Å². The molecule has 0 aliphatic rings. The van der Waals surface area contributed by atoms with Crippen LogP contribution in [0.4, 0.5) is 10.8 Å². The smallest absolute Gasteiger partial charge is 0.347 e. The summed E-state index contributed by atoms with van der Waals surface area (Å²) < 4.78 is 0. The Morgan fingerprint density at radius 1 is 1.37 bits per heavy atom. The Labute approximate surface area is 116 Å². The van der Waals surface area contributed by atoms with Gasteiger partial charge < -0.3 is 10.0 Å². The van der Waals surface area contributed by atoms with Gasteiger partial charge in [0.2, 0.25) is 0 Å². The lowest BCUT2D eigenvalue weighted by Crippen LogP contribution is -2.08. The number of benzene rings is 1. The van der Waals surface area contributed by atoms with Gasteiger partial charge in [-0.2, -0.15) is 0 Å². The number of carboxylic acid groups (broad SMARTS) is 1. The molecule has 0 bridgehead atoms. The highest BCUT2D eigenvalue weighted by molar-refractivity contribution is 7.17. The van der Waals surface area contributed by atoms with E-state index in [1.54, 1.807) is 0 Å². The van der Waals surface area contributed by atoms with Gasteiger partial charge in [0.15, 0.2) is 5.13 Å². The number of hydrogen-bond donors (Lipinski definition) is 1. The zero-order chi connectivity index (χ0) is 14.0. The number of aryl methyl sites for hydroxylation is 2. The van der Waals surface area contributed by atoms with Crippen molar-refractivity contribution in [2.45, 2.75) is 20.3 Å². The summed E-state index contributed by atoms with van der Waals surface area (Å²) in [5.74, 6) is -0.905. The van der Waals surface area contributed by atoms with Gasteiger partial charge in [-0.3, -0.25) is 0 Å². The van der Waals surface area contributed by atoms with Gasteiger partial charge in [0, 0.05) is 12.7 Å². The molecule has 0 spiro atoms. The maximum atomic E-state index is 11.1. The third-order valence-electron chi connectivity index (χ3n) is 2.92. The van der Waals surface area contributed by atoms with E-state index in [2.05, 4.69) is 4.98 Å². The predicted octanol–water partition coefficient (Wildman–Crippen LogP) is 3.48. The van der Waals surface area contributed by atoms with Gasteiger partial charge in [0.25, 0.3) is 0 Å². The van der Waals surface area contributed by atoms with E-state index >= 15 is 0 Å². The van der Waals surface area contributed by atoms with E-state index in [1.807, 2.05) is 50.1 Å². The van der Waals surface area contributed by atoms with Crippen molar-refractivity contribution in [1.29, 1.82) is 0 Å².